The number of nitrogens with one attached hydrogen (secondary N) is 1. The van der Waals surface area contributed by atoms with Crippen molar-refractivity contribution in [3.8, 4) is 0 Å². The standard InChI is InChI=1S/C14H16BrF3N2O/c1-8-6-12(19-7-11(8)15)20-13(21)9-4-2-3-5-10(9)14(16,17)18/h6-7,9-10H,2-5H2,1H3,(H,19,20,21). The molecule has 1 heterocycles. The van der Waals surface area contributed by atoms with Crippen LogP contribution in [-0.2, 0) is 4.79 Å². The molecule has 1 amide bonds. The van der Waals surface area contributed by atoms with Crippen molar-refractivity contribution in [1.82, 2.24) is 4.98 Å². The molecule has 7 heteroatoms. The van der Waals surface area contributed by atoms with Crippen LogP contribution >= 0.6 is 15.9 Å². The molecule has 0 aromatic carbocycles. The van der Waals surface area contributed by atoms with E-state index in [9.17, 15) is 18.0 Å². The molecule has 0 bridgehead atoms. The molecular formula is C14H16BrF3N2O. The Kier molecular flexibility index (Phi) is 4.91. The summed E-state index contributed by atoms with van der Waals surface area (Å²) in [5, 5.41) is 2.51. The number of nitrogens with zero attached hydrogens (tertiary/aromatic N) is 1. The second-order valence-corrected chi connectivity index (χ2v) is 6.20. The fourth-order valence-electron chi connectivity index (χ4n) is 2.66. The Labute approximate surface area is 129 Å². The zero-order valence-electron chi connectivity index (χ0n) is 11.5. The summed E-state index contributed by atoms with van der Waals surface area (Å²) in [5.74, 6) is -2.88. The van der Waals surface area contributed by atoms with Gasteiger partial charge in [0.2, 0.25) is 5.91 Å². The number of anilines is 1. The van der Waals surface area contributed by atoms with E-state index >= 15 is 0 Å². The first-order valence-corrected chi connectivity index (χ1v) is 7.58. The molecule has 1 N–H and O–H groups in total. The lowest BCUT2D eigenvalue weighted by Crippen LogP contribution is -2.39. The predicted octanol–water partition coefficient (Wildman–Crippen LogP) is 4.46. The van der Waals surface area contributed by atoms with Crippen molar-refractivity contribution < 1.29 is 18.0 Å². The number of amides is 1. The fraction of sp³-hybridized carbons (Fsp3) is 0.571. The third-order valence-corrected chi connectivity index (χ3v) is 4.65. The van der Waals surface area contributed by atoms with Crippen molar-refractivity contribution >= 4 is 27.7 Å². The average Bonchev–Trinajstić information content (AvgIpc) is 2.42. The third-order valence-electron chi connectivity index (χ3n) is 3.82. The molecule has 1 aromatic heterocycles. The highest BCUT2D eigenvalue weighted by Gasteiger charge is 2.48. The summed E-state index contributed by atoms with van der Waals surface area (Å²) in [5.41, 5.74) is 0.858. The zero-order chi connectivity index (χ0) is 15.6. The number of rotatable bonds is 2. The number of aryl methyl sites for hydroxylation is 1. The van der Waals surface area contributed by atoms with Gasteiger partial charge in [-0.25, -0.2) is 4.98 Å². The van der Waals surface area contributed by atoms with E-state index in [0.29, 0.717) is 12.8 Å². The van der Waals surface area contributed by atoms with E-state index in [-0.39, 0.29) is 18.7 Å². The number of alkyl halides is 3. The van der Waals surface area contributed by atoms with Crippen LogP contribution in [0.5, 0.6) is 0 Å². The van der Waals surface area contributed by atoms with E-state index in [2.05, 4.69) is 26.2 Å². The van der Waals surface area contributed by atoms with Crippen LogP contribution in [0.4, 0.5) is 19.0 Å². The lowest BCUT2D eigenvalue weighted by Gasteiger charge is -2.31. The topological polar surface area (TPSA) is 42.0 Å². The minimum absolute atomic E-state index is 0.0222. The summed E-state index contributed by atoms with van der Waals surface area (Å²) in [7, 11) is 0. The molecule has 21 heavy (non-hydrogen) atoms. The van der Waals surface area contributed by atoms with Crippen molar-refractivity contribution in [2.24, 2.45) is 11.8 Å². The molecule has 3 nitrogen and oxygen atoms in total. The van der Waals surface area contributed by atoms with Crippen LogP contribution in [-0.4, -0.2) is 17.1 Å². The number of hydrogen-bond donors (Lipinski definition) is 1. The monoisotopic (exact) mass is 364 g/mol. The smallest absolute Gasteiger partial charge is 0.310 e. The molecule has 1 fully saturated rings. The van der Waals surface area contributed by atoms with Crippen LogP contribution < -0.4 is 5.32 Å². The molecule has 1 aromatic rings. The Morgan fingerprint density at radius 2 is 2.05 bits per heavy atom. The number of halogens is 4. The summed E-state index contributed by atoms with van der Waals surface area (Å²) in [6.45, 7) is 1.82. The maximum atomic E-state index is 13.0. The number of pyridine rings is 1. The molecule has 0 spiro atoms. The largest absolute Gasteiger partial charge is 0.392 e. The highest BCUT2D eigenvalue weighted by molar-refractivity contribution is 9.10. The molecular weight excluding hydrogens is 349 g/mol. The van der Waals surface area contributed by atoms with Crippen LogP contribution in [0.15, 0.2) is 16.7 Å². The SMILES string of the molecule is Cc1cc(NC(=O)C2CCCCC2C(F)(F)F)ncc1Br. The molecule has 0 radical (unpaired) electrons. The van der Waals surface area contributed by atoms with Crippen LogP contribution in [0.2, 0.25) is 0 Å². The van der Waals surface area contributed by atoms with Gasteiger partial charge in [0.25, 0.3) is 0 Å². The summed E-state index contributed by atoms with van der Waals surface area (Å²) >= 11 is 3.28. The predicted molar refractivity (Wildman–Crippen MR) is 76.8 cm³/mol. The first-order chi connectivity index (χ1) is 9.79. The van der Waals surface area contributed by atoms with Crippen LogP contribution in [0.3, 0.4) is 0 Å². The first-order valence-electron chi connectivity index (χ1n) is 6.79. The molecule has 1 saturated carbocycles. The van der Waals surface area contributed by atoms with E-state index < -0.39 is 23.9 Å². The number of aromatic nitrogens is 1. The third kappa shape index (κ3) is 3.96. The Morgan fingerprint density at radius 3 is 2.67 bits per heavy atom. The number of carbonyl (C=O) groups is 1. The highest BCUT2D eigenvalue weighted by atomic mass is 79.9. The quantitative estimate of drug-likeness (QED) is 0.841. The molecule has 2 atom stereocenters. The van der Waals surface area contributed by atoms with Crippen LogP contribution in [0, 0.1) is 18.8 Å². The van der Waals surface area contributed by atoms with Crippen molar-refractivity contribution in [3.05, 3.63) is 22.3 Å². The normalized spacial score (nSPS) is 22.9. The average molecular weight is 365 g/mol. The molecule has 2 unspecified atom stereocenters. The van der Waals surface area contributed by atoms with Gasteiger partial charge in [-0.05, 0) is 47.3 Å². The van der Waals surface area contributed by atoms with Gasteiger partial charge < -0.3 is 5.32 Å². The number of carbonyl (C=O) groups excluding carboxylic acids is 1. The lowest BCUT2D eigenvalue weighted by molar-refractivity contribution is -0.197. The second-order valence-electron chi connectivity index (χ2n) is 5.35. The Morgan fingerprint density at radius 1 is 1.38 bits per heavy atom. The highest BCUT2D eigenvalue weighted by Crippen LogP contribution is 2.41. The van der Waals surface area contributed by atoms with Gasteiger partial charge in [-0.3, -0.25) is 4.79 Å². The van der Waals surface area contributed by atoms with Gasteiger partial charge >= 0.3 is 6.18 Å². The second kappa shape index (κ2) is 6.34. The summed E-state index contributed by atoms with van der Waals surface area (Å²) in [6.07, 6.45) is -1.35. The van der Waals surface area contributed by atoms with E-state index in [1.165, 1.54) is 6.20 Å². The van der Waals surface area contributed by atoms with E-state index in [1.54, 1.807) is 6.07 Å². The van der Waals surface area contributed by atoms with Gasteiger partial charge in [-0.15, -0.1) is 0 Å². The van der Waals surface area contributed by atoms with Gasteiger partial charge in [0.15, 0.2) is 0 Å². The van der Waals surface area contributed by atoms with Gasteiger partial charge in [0.05, 0.1) is 5.92 Å². The Balaban J connectivity index is 2.12. The summed E-state index contributed by atoms with van der Waals surface area (Å²) in [6, 6.07) is 1.63. The molecule has 1 aliphatic carbocycles. The fourth-order valence-corrected chi connectivity index (χ4v) is 2.88. The minimum Gasteiger partial charge on any atom is -0.310 e. The van der Waals surface area contributed by atoms with E-state index in [1.807, 2.05) is 6.92 Å². The summed E-state index contributed by atoms with van der Waals surface area (Å²) < 4.78 is 39.8. The van der Waals surface area contributed by atoms with Gasteiger partial charge in [-0.2, -0.15) is 13.2 Å². The van der Waals surface area contributed by atoms with Gasteiger partial charge in [0, 0.05) is 16.6 Å². The molecule has 0 saturated heterocycles. The maximum Gasteiger partial charge on any atom is 0.392 e. The van der Waals surface area contributed by atoms with Crippen molar-refractivity contribution in [3.63, 3.8) is 0 Å². The van der Waals surface area contributed by atoms with Crippen molar-refractivity contribution in [2.75, 3.05) is 5.32 Å². The molecule has 0 aliphatic heterocycles. The Bertz CT molecular complexity index is 533. The van der Waals surface area contributed by atoms with Crippen molar-refractivity contribution in [2.45, 2.75) is 38.8 Å². The van der Waals surface area contributed by atoms with Gasteiger partial charge in [0.1, 0.15) is 5.82 Å². The zero-order valence-corrected chi connectivity index (χ0v) is 13.1. The van der Waals surface area contributed by atoms with Crippen LogP contribution in [0.25, 0.3) is 0 Å². The lowest BCUT2D eigenvalue weighted by atomic mass is 9.78. The van der Waals surface area contributed by atoms with Crippen LogP contribution in [0.1, 0.15) is 31.2 Å². The maximum absolute atomic E-state index is 13.0. The first kappa shape index (κ1) is 16.3. The van der Waals surface area contributed by atoms with E-state index in [0.717, 1.165) is 10.0 Å². The minimum atomic E-state index is -4.33. The Hall–Kier alpha value is -1.11. The van der Waals surface area contributed by atoms with Gasteiger partial charge in [-0.1, -0.05) is 12.8 Å². The molecule has 116 valence electrons. The number of hydrogen-bond acceptors (Lipinski definition) is 2. The molecule has 2 rings (SSSR count). The molecule has 1 aliphatic rings. The van der Waals surface area contributed by atoms with E-state index in [4.69, 9.17) is 0 Å². The summed E-state index contributed by atoms with van der Waals surface area (Å²) in [4.78, 5) is 16.2. The van der Waals surface area contributed by atoms with Crippen molar-refractivity contribution in [1.29, 1.82) is 0 Å².